The fourth-order valence-corrected chi connectivity index (χ4v) is 2.40. The molecule has 2 aromatic rings. The monoisotopic (exact) mass is 345 g/mol. The molecule has 0 radical (unpaired) electrons. The van der Waals surface area contributed by atoms with Crippen molar-refractivity contribution < 1.29 is 9.59 Å². The first-order chi connectivity index (χ1) is 11.9. The number of imidazole rings is 1. The fourth-order valence-electron chi connectivity index (χ4n) is 2.40. The van der Waals surface area contributed by atoms with Crippen LogP contribution in [0.4, 0.5) is 0 Å². The van der Waals surface area contributed by atoms with Crippen LogP contribution in [-0.4, -0.2) is 59.8 Å². The topological polar surface area (TPSA) is 78.7 Å². The molecular weight excluding hydrogens is 318 g/mol. The lowest BCUT2D eigenvalue weighted by Gasteiger charge is -2.09. The number of rotatable bonds is 8. The zero-order valence-electron chi connectivity index (χ0n) is 15.4. The van der Waals surface area contributed by atoms with Crippen LogP contribution >= 0.6 is 0 Å². The largest absolute Gasteiger partial charge is 0.351 e. The summed E-state index contributed by atoms with van der Waals surface area (Å²) in [6.45, 7) is 6.05. The zero-order chi connectivity index (χ0) is 18.4. The van der Waals surface area contributed by atoms with Gasteiger partial charge in [-0.3, -0.25) is 14.0 Å². The number of carbonyl (C=O) groups excluding carboxylic acids is 2. The Hall–Kier alpha value is -2.41. The quantitative estimate of drug-likeness (QED) is 0.758. The Balaban J connectivity index is 2.19. The Labute approximate surface area is 148 Å². The van der Waals surface area contributed by atoms with Gasteiger partial charge in [-0.15, -0.1) is 0 Å². The summed E-state index contributed by atoms with van der Waals surface area (Å²) in [5.41, 5.74) is 0.907. The van der Waals surface area contributed by atoms with Crippen molar-refractivity contribution in [2.45, 2.75) is 20.3 Å². The predicted octanol–water partition coefficient (Wildman–Crippen LogP) is 1.40. The van der Waals surface area contributed by atoms with Gasteiger partial charge in [-0.05, 0) is 38.6 Å². The Morgan fingerprint density at radius 3 is 2.56 bits per heavy atom. The summed E-state index contributed by atoms with van der Waals surface area (Å²) in [7, 11) is 3.88. The molecule has 25 heavy (non-hydrogen) atoms. The minimum absolute atomic E-state index is 0.225. The molecule has 0 aliphatic heterocycles. The molecular formula is C18H27N5O2. The van der Waals surface area contributed by atoms with Crippen LogP contribution in [0.25, 0.3) is 5.52 Å². The van der Waals surface area contributed by atoms with E-state index in [2.05, 4.69) is 29.5 Å². The van der Waals surface area contributed by atoms with Crippen LogP contribution in [0.1, 0.15) is 41.4 Å². The summed E-state index contributed by atoms with van der Waals surface area (Å²) in [5.74, 6) is 0.196. The first-order valence-electron chi connectivity index (χ1n) is 8.58. The second kappa shape index (κ2) is 8.62. The molecule has 7 heteroatoms. The maximum Gasteiger partial charge on any atom is 0.287 e. The van der Waals surface area contributed by atoms with E-state index >= 15 is 0 Å². The number of hydrogen-bond acceptors (Lipinski definition) is 4. The average Bonchev–Trinajstić information content (AvgIpc) is 2.93. The van der Waals surface area contributed by atoms with Gasteiger partial charge in [0.1, 0.15) is 0 Å². The van der Waals surface area contributed by atoms with Crippen LogP contribution in [-0.2, 0) is 0 Å². The molecule has 2 heterocycles. The summed E-state index contributed by atoms with van der Waals surface area (Å²) in [6, 6.07) is 5.43. The molecule has 0 saturated carbocycles. The molecule has 0 unspecified atom stereocenters. The smallest absolute Gasteiger partial charge is 0.287 e. The second-order valence-electron chi connectivity index (χ2n) is 6.74. The van der Waals surface area contributed by atoms with Gasteiger partial charge >= 0.3 is 0 Å². The third-order valence-corrected chi connectivity index (χ3v) is 3.82. The third kappa shape index (κ3) is 5.03. The summed E-state index contributed by atoms with van der Waals surface area (Å²) in [6.07, 6.45) is 2.64. The van der Waals surface area contributed by atoms with E-state index in [9.17, 15) is 9.59 Å². The van der Waals surface area contributed by atoms with Crippen LogP contribution in [0.5, 0.6) is 0 Å². The van der Waals surface area contributed by atoms with E-state index in [0.717, 1.165) is 13.0 Å². The molecule has 7 nitrogen and oxygen atoms in total. The van der Waals surface area contributed by atoms with Gasteiger partial charge in [0.15, 0.2) is 5.69 Å². The lowest BCUT2D eigenvalue weighted by molar-refractivity contribution is 0.0940. The maximum absolute atomic E-state index is 12.5. The number of fused-ring (bicyclic) bond motifs is 1. The van der Waals surface area contributed by atoms with Gasteiger partial charge in [0.25, 0.3) is 11.8 Å². The number of likely N-dealkylation sites (N-methyl/N-ethyl adjacent to an activating group) is 1. The third-order valence-electron chi connectivity index (χ3n) is 3.82. The van der Waals surface area contributed by atoms with Crippen molar-refractivity contribution in [3.05, 3.63) is 35.9 Å². The van der Waals surface area contributed by atoms with E-state index in [1.54, 1.807) is 16.7 Å². The van der Waals surface area contributed by atoms with Crippen molar-refractivity contribution in [3.63, 3.8) is 0 Å². The summed E-state index contributed by atoms with van der Waals surface area (Å²) in [4.78, 5) is 31.2. The van der Waals surface area contributed by atoms with Gasteiger partial charge in [-0.25, -0.2) is 4.98 Å². The van der Waals surface area contributed by atoms with Gasteiger partial charge in [0, 0.05) is 25.8 Å². The molecule has 0 aromatic carbocycles. The molecule has 2 N–H and O–H groups in total. The number of carbonyl (C=O) groups is 2. The summed E-state index contributed by atoms with van der Waals surface area (Å²) < 4.78 is 1.66. The number of aromatic nitrogens is 2. The van der Waals surface area contributed by atoms with Crippen LogP contribution in [0, 0.1) is 5.92 Å². The van der Waals surface area contributed by atoms with Crippen molar-refractivity contribution in [1.82, 2.24) is 24.9 Å². The number of amides is 2. The second-order valence-corrected chi connectivity index (χ2v) is 6.74. The number of nitrogens with zero attached hydrogens (tertiary/aromatic N) is 3. The summed E-state index contributed by atoms with van der Waals surface area (Å²) in [5, 5.41) is 5.72. The van der Waals surface area contributed by atoms with E-state index in [1.807, 2.05) is 31.1 Å². The predicted molar refractivity (Wildman–Crippen MR) is 97.9 cm³/mol. The standard InChI is InChI=1S/C18H27N5O2/c1-13(2)8-9-19-17(24)15-14-7-5-6-11-23(14)16(21-15)18(25)20-10-12-22(3)4/h5-7,11,13H,8-10,12H2,1-4H3,(H,19,24)(H,20,25). The highest BCUT2D eigenvalue weighted by Crippen LogP contribution is 2.13. The molecule has 0 fully saturated rings. The fraction of sp³-hybridized carbons (Fsp3) is 0.500. The van der Waals surface area contributed by atoms with Crippen LogP contribution in [0.15, 0.2) is 24.4 Å². The highest BCUT2D eigenvalue weighted by atomic mass is 16.2. The van der Waals surface area contributed by atoms with E-state index in [0.29, 0.717) is 24.5 Å². The van der Waals surface area contributed by atoms with E-state index in [1.165, 1.54) is 0 Å². The molecule has 2 rings (SSSR count). The van der Waals surface area contributed by atoms with Gasteiger partial charge in [-0.1, -0.05) is 19.9 Å². The van der Waals surface area contributed by atoms with Gasteiger partial charge in [0.05, 0.1) is 5.52 Å². The molecule has 2 aromatic heterocycles. The Kier molecular flexibility index (Phi) is 6.52. The lowest BCUT2D eigenvalue weighted by atomic mass is 10.1. The van der Waals surface area contributed by atoms with Gasteiger partial charge < -0.3 is 15.5 Å². The maximum atomic E-state index is 12.5. The van der Waals surface area contributed by atoms with E-state index in [-0.39, 0.29) is 23.3 Å². The van der Waals surface area contributed by atoms with Crippen LogP contribution in [0.2, 0.25) is 0 Å². The highest BCUT2D eigenvalue weighted by molar-refractivity contribution is 6.02. The molecule has 0 aliphatic carbocycles. The SMILES string of the molecule is CC(C)CCNC(=O)c1nc(C(=O)NCCN(C)C)n2ccccc12. The molecule has 0 spiro atoms. The Morgan fingerprint density at radius 1 is 1.16 bits per heavy atom. The number of nitrogens with one attached hydrogen (secondary N) is 2. The Morgan fingerprint density at radius 2 is 1.88 bits per heavy atom. The van der Waals surface area contributed by atoms with Crippen molar-refractivity contribution in [2.75, 3.05) is 33.7 Å². The molecule has 0 saturated heterocycles. The molecule has 0 aliphatic rings. The minimum atomic E-state index is -0.288. The minimum Gasteiger partial charge on any atom is -0.351 e. The van der Waals surface area contributed by atoms with Crippen molar-refractivity contribution in [3.8, 4) is 0 Å². The molecule has 0 atom stereocenters. The van der Waals surface area contributed by atoms with Crippen molar-refractivity contribution in [2.24, 2.45) is 5.92 Å². The lowest BCUT2D eigenvalue weighted by Crippen LogP contribution is -2.32. The zero-order valence-corrected chi connectivity index (χ0v) is 15.4. The molecule has 2 amide bonds. The Bertz CT molecular complexity index is 676. The van der Waals surface area contributed by atoms with Crippen LogP contribution in [0.3, 0.4) is 0 Å². The van der Waals surface area contributed by atoms with Gasteiger partial charge in [0.2, 0.25) is 5.82 Å². The van der Waals surface area contributed by atoms with Crippen molar-refractivity contribution >= 4 is 17.3 Å². The highest BCUT2D eigenvalue weighted by Gasteiger charge is 2.21. The van der Waals surface area contributed by atoms with E-state index < -0.39 is 0 Å². The number of pyridine rings is 1. The van der Waals surface area contributed by atoms with Crippen molar-refractivity contribution in [1.29, 1.82) is 0 Å². The first-order valence-corrected chi connectivity index (χ1v) is 8.58. The summed E-state index contributed by atoms with van der Waals surface area (Å²) >= 11 is 0. The molecule has 136 valence electrons. The van der Waals surface area contributed by atoms with Gasteiger partial charge in [-0.2, -0.15) is 0 Å². The van der Waals surface area contributed by atoms with Crippen LogP contribution < -0.4 is 10.6 Å². The molecule has 0 bridgehead atoms. The van der Waals surface area contributed by atoms with E-state index in [4.69, 9.17) is 0 Å². The average molecular weight is 345 g/mol. The normalized spacial score (nSPS) is 11.3. The first kappa shape index (κ1) is 18.9. The number of hydrogen-bond donors (Lipinski definition) is 2.